The van der Waals surface area contributed by atoms with Crippen LogP contribution in [0.1, 0.15) is 26.3 Å². The number of hydrogen-bond donors (Lipinski definition) is 1. The molecule has 0 unspecified atom stereocenters. The third-order valence-corrected chi connectivity index (χ3v) is 4.29. The summed E-state index contributed by atoms with van der Waals surface area (Å²) in [6.45, 7) is 0. The van der Waals surface area contributed by atoms with E-state index in [1.807, 2.05) is 0 Å². The second-order valence-corrected chi connectivity index (χ2v) is 6.25. The number of halogens is 2. The van der Waals surface area contributed by atoms with E-state index in [4.69, 9.17) is 0 Å². The maximum atomic E-state index is 14.3. The van der Waals surface area contributed by atoms with E-state index in [0.29, 0.717) is 11.0 Å². The fraction of sp³-hybridized carbons (Fsp3) is 0. The normalized spacial score (nSPS) is 10.7. The van der Waals surface area contributed by atoms with Crippen LogP contribution >= 0.6 is 0 Å². The molecular weight excluding hydrogens is 376 g/mol. The maximum Gasteiger partial charge on any atom is 0.255 e. The Hall–Kier alpha value is -4.00. The van der Waals surface area contributed by atoms with Crippen LogP contribution in [0.4, 0.5) is 14.5 Å². The average molecular weight is 389 g/mol. The maximum absolute atomic E-state index is 14.3. The summed E-state index contributed by atoms with van der Waals surface area (Å²) in [7, 11) is 0. The first-order chi connectivity index (χ1) is 14.0. The highest BCUT2D eigenvalue weighted by Gasteiger charge is 2.17. The Bertz CT molecular complexity index is 1260. The molecule has 142 valence electrons. The van der Waals surface area contributed by atoms with Gasteiger partial charge in [0.05, 0.1) is 16.6 Å². The van der Waals surface area contributed by atoms with Crippen molar-refractivity contribution in [1.29, 1.82) is 0 Å². The summed E-state index contributed by atoms with van der Waals surface area (Å²) in [5, 5.41) is 2.54. The molecule has 1 aromatic heterocycles. The summed E-state index contributed by atoms with van der Waals surface area (Å²) in [5.74, 6) is -2.41. The number of anilines is 1. The first-order valence-electron chi connectivity index (χ1n) is 8.63. The van der Waals surface area contributed by atoms with Crippen LogP contribution in [0.2, 0.25) is 0 Å². The molecular formula is C22H13F2N3O2. The second-order valence-electron chi connectivity index (χ2n) is 6.25. The van der Waals surface area contributed by atoms with Gasteiger partial charge in [0.25, 0.3) is 5.91 Å². The van der Waals surface area contributed by atoms with Crippen molar-refractivity contribution in [2.45, 2.75) is 0 Å². The van der Waals surface area contributed by atoms with Gasteiger partial charge in [-0.3, -0.25) is 19.6 Å². The Labute approximate surface area is 164 Å². The van der Waals surface area contributed by atoms with Gasteiger partial charge < -0.3 is 5.32 Å². The summed E-state index contributed by atoms with van der Waals surface area (Å²) in [6.07, 6.45) is 3.04. The van der Waals surface area contributed by atoms with Crippen LogP contribution in [0.3, 0.4) is 0 Å². The SMILES string of the molecule is O=C(Nc1ccc(F)c(C(=O)c2ccc3nccnc3c2)c1)c1cccc(F)c1. The van der Waals surface area contributed by atoms with Gasteiger partial charge in [0.2, 0.25) is 0 Å². The summed E-state index contributed by atoms with van der Waals surface area (Å²) >= 11 is 0. The average Bonchev–Trinajstić information content (AvgIpc) is 2.74. The molecule has 4 aromatic rings. The standard InChI is InChI=1S/C22H13F2N3O2/c23-15-3-1-2-14(10-15)22(29)27-16-5-6-18(24)17(12-16)21(28)13-4-7-19-20(11-13)26-9-8-25-19/h1-12H,(H,27,29). The lowest BCUT2D eigenvalue weighted by Gasteiger charge is -2.09. The lowest BCUT2D eigenvalue weighted by Crippen LogP contribution is -2.13. The predicted octanol–water partition coefficient (Wildman–Crippen LogP) is 4.39. The van der Waals surface area contributed by atoms with Crippen molar-refractivity contribution in [3.05, 3.63) is 101 Å². The molecule has 0 saturated heterocycles. The van der Waals surface area contributed by atoms with Crippen molar-refractivity contribution in [3.8, 4) is 0 Å². The number of benzene rings is 3. The lowest BCUT2D eigenvalue weighted by atomic mass is 10.0. The Kier molecular flexibility index (Phi) is 4.78. The molecule has 1 amide bonds. The van der Waals surface area contributed by atoms with Gasteiger partial charge in [-0.25, -0.2) is 8.78 Å². The van der Waals surface area contributed by atoms with Crippen LogP contribution in [0, 0.1) is 11.6 Å². The number of hydrogen-bond acceptors (Lipinski definition) is 4. The van der Waals surface area contributed by atoms with E-state index in [0.717, 1.165) is 12.1 Å². The number of nitrogens with zero attached hydrogens (tertiary/aromatic N) is 2. The highest BCUT2D eigenvalue weighted by atomic mass is 19.1. The van der Waals surface area contributed by atoms with Crippen LogP contribution < -0.4 is 5.32 Å². The molecule has 5 nitrogen and oxygen atoms in total. The Morgan fingerprint density at radius 1 is 0.793 bits per heavy atom. The largest absolute Gasteiger partial charge is 0.322 e. The Morgan fingerprint density at radius 3 is 2.38 bits per heavy atom. The molecule has 0 aliphatic heterocycles. The minimum Gasteiger partial charge on any atom is -0.322 e. The van der Waals surface area contributed by atoms with Crippen molar-refractivity contribution in [2.24, 2.45) is 0 Å². The molecule has 0 atom stereocenters. The lowest BCUT2D eigenvalue weighted by molar-refractivity contribution is 0.101. The minimum atomic E-state index is -0.724. The van der Waals surface area contributed by atoms with Crippen LogP contribution in [0.15, 0.2) is 73.1 Å². The highest BCUT2D eigenvalue weighted by Crippen LogP contribution is 2.21. The third-order valence-electron chi connectivity index (χ3n) is 4.29. The van der Waals surface area contributed by atoms with E-state index in [2.05, 4.69) is 15.3 Å². The van der Waals surface area contributed by atoms with Gasteiger partial charge >= 0.3 is 0 Å². The van der Waals surface area contributed by atoms with E-state index >= 15 is 0 Å². The van der Waals surface area contributed by atoms with E-state index in [9.17, 15) is 18.4 Å². The molecule has 0 fully saturated rings. The van der Waals surface area contributed by atoms with E-state index in [-0.39, 0.29) is 22.4 Å². The predicted molar refractivity (Wildman–Crippen MR) is 104 cm³/mol. The molecule has 3 aromatic carbocycles. The molecule has 0 radical (unpaired) electrons. The van der Waals surface area contributed by atoms with E-state index in [1.54, 1.807) is 6.07 Å². The van der Waals surface area contributed by atoms with Gasteiger partial charge in [-0.1, -0.05) is 6.07 Å². The van der Waals surface area contributed by atoms with Crippen LogP contribution in [-0.2, 0) is 0 Å². The number of carbonyl (C=O) groups is 2. The molecule has 0 saturated carbocycles. The summed E-state index contributed by atoms with van der Waals surface area (Å²) in [6, 6.07) is 13.5. The third kappa shape index (κ3) is 3.84. The Balaban J connectivity index is 1.63. The topological polar surface area (TPSA) is 72.0 Å². The van der Waals surface area contributed by atoms with E-state index in [1.165, 1.54) is 54.9 Å². The number of nitrogens with one attached hydrogen (secondary N) is 1. The molecule has 7 heteroatoms. The number of fused-ring (bicyclic) bond motifs is 1. The Morgan fingerprint density at radius 2 is 1.59 bits per heavy atom. The monoisotopic (exact) mass is 389 g/mol. The van der Waals surface area contributed by atoms with Crippen LogP contribution in [0.25, 0.3) is 11.0 Å². The summed E-state index contributed by atoms with van der Waals surface area (Å²) < 4.78 is 27.6. The molecule has 1 N–H and O–H groups in total. The quantitative estimate of drug-likeness (QED) is 0.526. The number of ketones is 1. The molecule has 4 rings (SSSR count). The zero-order valence-corrected chi connectivity index (χ0v) is 14.9. The smallest absolute Gasteiger partial charge is 0.255 e. The number of carbonyl (C=O) groups excluding carboxylic acids is 2. The first kappa shape index (κ1) is 18.4. The van der Waals surface area contributed by atoms with Crippen molar-refractivity contribution in [2.75, 3.05) is 5.32 Å². The second kappa shape index (κ2) is 7.55. The van der Waals surface area contributed by atoms with Gasteiger partial charge in [-0.2, -0.15) is 0 Å². The zero-order chi connectivity index (χ0) is 20.4. The molecule has 0 aliphatic carbocycles. The van der Waals surface area contributed by atoms with Gasteiger partial charge in [-0.05, 0) is 54.6 Å². The fourth-order valence-electron chi connectivity index (χ4n) is 2.87. The van der Waals surface area contributed by atoms with Crippen molar-refractivity contribution < 1.29 is 18.4 Å². The van der Waals surface area contributed by atoms with E-state index < -0.39 is 23.3 Å². The molecule has 0 aliphatic rings. The van der Waals surface area contributed by atoms with Crippen molar-refractivity contribution in [3.63, 3.8) is 0 Å². The fourth-order valence-corrected chi connectivity index (χ4v) is 2.87. The minimum absolute atomic E-state index is 0.107. The van der Waals surface area contributed by atoms with Gasteiger partial charge in [0.15, 0.2) is 5.78 Å². The summed E-state index contributed by atoms with van der Waals surface area (Å²) in [4.78, 5) is 33.4. The van der Waals surface area contributed by atoms with Gasteiger partial charge in [-0.15, -0.1) is 0 Å². The summed E-state index contributed by atoms with van der Waals surface area (Å²) in [5.41, 5.74) is 1.48. The highest BCUT2D eigenvalue weighted by molar-refractivity contribution is 6.11. The van der Waals surface area contributed by atoms with Gasteiger partial charge in [0, 0.05) is 29.2 Å². The van der Waals surface area contributed by atoms with Crippen molar-refractivity contribution in [1.82, 2.24) is 9.97 Å². The van der Waals surface area contributed by atoms with Crippen LogP contribution in [-0.4, -0.2) is 21.7 Å². The molecule has 29 heavy (non-hydrogen) atoms. The van der Waals surface area contributed by atoms with Gasteiger partial charge in [0.1, 0.15) is 11.6 Å². The van der Waals surface area contributed by atoms with Crippen LogP contribution in [0.5, 0.6) is 0 Å². The number of rotatable bonds is 4. The zero-order valence-electron chi connectivity index (χ0n) is 14.9. The molecule has 0 bridgehead atoms. The molecule has 1 heterocycles. The first-order valence-corrected chi connectivity index (χ1v) is 8.63. The van der Waals surface area contributed by atoms with Crippen molar-refractivity contribution >= 4 is 28.4 Å². The number of amides is 1. The molecule has 0 spiro atoms. The number of aromatic nitrogens is 2.